The fourth-order valence-corrected chi connectivity index (χ4v) is 1.86. The topological polar surface area (TPSA) is 51.2 Å². The lowest BCUT2D eigenvalue weighted by Crippen LogP contribution is -2.30. The summed E-state index contributed by atoms with van der Waals surface area (Å²) in [6, 6.07) is 10.2. The molecule has 1 heterocycles. The second kappa shape index (κ2) is 6.59. The van der Waals surface area contributed by atoms with Crippen LogP contribution < -0.4 is 10.1 Å². The summed E-state index contributed by atoms with van der Waals surface area (Å²) < 4.78 is 5.51. The summed E-state index contributed by atoms with van der Waals surface area (Å²) in [5, 5.41) is 3.43. The molecule has 1 atom stereocenters. The molecule has 0 saturated carbocycles. The number of halogens is 2. The van der Waals surface area contributed by atoms with Crippen LogP contribution in [0.15, 0.2) is 42.6 Å². The van der Waals surface area contributed by atoms with E-state index < -0.39 is 6.10 Å². The SMILES string of the molecule is CC(Oc1cccc(Cl)c1)C(=O)Nc1cccnc1Cl. The molecule has 1 N–H and O–H groups in total. The number of benzene rings is 1. The Morgan fingerprint density at radius 3 is 2.80 bits per heavy atom. The lowest BCUT2D eigenvalue weighted by atomic mass is 10.3. The third-order valence-electron chi connectivity index (χ3n) is 2.50. The largest absolute Gasteiger partial charge is 0.481 e. The van der Waals surface area contributed by atoms with E-state index in [0.29, 0.717) is 16.5 Å². The highest BCUT2D eigenvalue weighted by molar-refractivity contribution is 6.32. The zero-order chi connectivity index (χ0) is 14.5. The average Bonchev–Trinajstić information content (AvgIpc) is 2.41. The molecule has 1 unspecified atom stereocenters. The smallest absolute Gasteiger partial charge is 0.265 e. The van der Waals surface area contributed by atoms with Crippen LogP contribution in [0.4, 0.5) is 5.69 Å². The molecular weight excluding hydrogens is 299 g/mol. The van der Waals surface area contributed by atoms with Crippen molar-refractivity contribution in [2.24, 2.45) is 0 Å². The van der Waals surface area contributed by atoms with Crippen LogP contribution in [0.5, 0.6) is 5.75 Å². The van der Waals surface area contributed by atoms with E-state index in [0.717, 1.165) is 0 Å². The Bertz CT molecular complexity index is 620. The van der Waals surface area contributed by atoms with Gasteiger partial charge >= 0.3 is 0 Å². The van der Waals surface area contributed by atoms with Crippen LogP contribution >= 0.6 is 23.2 Å². The Labute approximate surface area is 126 Å². The zero-order valence-electron chi connectivity index (χ0n) is 10.6. The molecule has 20 heavy (non-hydrogen) atoms. The van der Waals surface area contributed by atoms with Crippen LogP contribution in [-0.2, 0) is 4.79 Å². The molecule has 2 rings (SSSR count). The fourth-order valence-electron chi connectivity index (χ4n) is 1.51. The zero-order valence-corrected chi connectivity index (χ0v) is 12.2. The van der Waals surface area contributed by atoms with Crippen molar-refractivity contribution in [3.63, 3.8) is 0 Å². The van der Waals surface area contributed by atoms with E-state index in [1.165, 1.54) is 0 Å². The van der Waals surface area contributed by atoms with Crippen LogP contribution in [0.1, 0.15) is 6.92 Å². The average molecular weight is 311 g/mol. The number of hydrogen-bond acceptors (Lipinski definition) is 3. The first-order valence-corrected chi connectivity index (χ1v) is 6.65. The van der Waals surface area contributed by atoms with Gasteiger partial charge in [0.15, 0.2) is 11.3 Å². The predicted octanol–water partition coefficient (Wildman–Crippen LogP) is 3.79. The first kappa shape index (κ1) is 14.6. The molecule has 1 aromatic carbocycles. The number of anilines is 1. The van der Waals surface area contributed by atoms with Crippen molar-refractivity contribution in [2.45, 2.75) is 13.0 Å². The van der Waals surface area contributed by atoms with Gasteiger partial charge in [0.25, 0.3) is 5.91 Å². The molecule has 0 aliphatic rings. The van der Waals surface area contributed by atoms with Crippen molar-refractivity contribution < 1.29 is 9.53 Å². The van der Waals surface area contributed by atoms with Crippen molar-refractivity contribution in [1.29, 1.82) is 0 Å². The van der Waals surface area contributed by atoms with E-state index in [9.17, 15) is 4.79 Å². The van der Waals surface area contributed by atoms with Crippen LogP contribution in [0.2, 0.25) is 10.2 Å². The number of amides is 1. The Kier molecular flexibility index (Phi) is 4.82. The minimum atomic E-state index is -0.690. The molecule has 1 amide bonds. The van der Waals surface area contributed by atoms with Crippen molar-refractivity contribution in [1.82, 2.24) is 4.98 Å². The Balaban J connectivity index is 2.01. The summed E-state index contributed by atoms with van der Waals surface area (Å²) in [6.07, 6.45) is 0.855. The maximum atomic E-state index is 12.0. The molecular formula is C14H12Cl2N2O2. The highest BCUT2D eigenvalue weighted by Crippen LogP contribution is 2.20. The fraction of sp³-hybridized carbons (Fsp3) is 0.143. The molecule has 2 aromatic rings. The summed E-state index contributed by atoms with van der Waals surface area (Å²) in [4.78, 5) is 15.9. The van der Waals surface area contributed by atoms with Gasteiger partial charge in [-0.15, -0.1) is 0 Å². The Morgan fingerprint density at radius 2 is 2.10 bits per heavy atom. The lowest BCUT2D eigenvalue weighted by molar-refractivity contribution is -0.122. The van der Waals surface area contributed by atoms with Gasteiger partial charge in [0.05, 0.1) is 5.69 Å². The van der Waals surface area contributed by atoms with E-state index >= 15 is 0 Å². The summed E-state index contributed by atoms with van der Waals surface area (Å²) in [5.41, 5.74) is 0.445. The highest BCUT2D eigenvalue weighted by Gasteiger charge is 2.16. The number of rotatable bonds is 4. The molecule has 104 valence electrons. The molecule has 0 fully saturated rings. The van der Waals surface area contributed by atoms with Crippen molar-refractivity contribution in [3.05, 3.63) is 52.8 Å². The quantitative estimate of drug-likeness (QED) is 0.874. The number of carbonyl (C=O) groups excluding carboxylic acids is 1. The number of ether oxygens (including phenoxy) is 1. The van der Waals surface area contributed by atoms with Crippen molar-refractivity contribution >= 4 is 34.8 Å². The van der Waals surface area contributed by atoms with Crippen LogP contribution in [0.25, 0.3) is 0 Å². The van der Waals surface area contributed by atoms with Crippen molar-refractivity contribution in [3.8, 4) is 5.75 Å². The third kappa shape index (κ3) is 3.85. The van der Waals surface area contributed by atoms with Gasteiger partial charge in [0, 0.05) is 11.2 Å². The summed E-state index contributed by atoms with van der Waals surface area (Å²) in [6.45, 7) is 1.64. The first-order chi connectivity index (χ1) is 9.56. The van der Waals surface area contributed by atoms with Gasteiger partial charge in [-0.3, -0.25) is 4.79 Å². The summed E-state index contributed by atoms with van der Waals surface area (Å²) in [5.74, 6) is 0.206. The van der Waals surface area contributed by atoms with Gasteiger partial charge in [0.1, 0.15) is 5.75 Å². The highest BCUT2D eigenvalue weighted by atomic mass is 35.5. The van der Waals surface area contributed by atoms with E-state index in [1.54, 1.807) is 49.5 Å². The maximum absolute atomic E-state index is 12.0. The van der Waals surface area contributed by atoms with Crippen LogP contribution in [-0.4, -0.2) is 17.0 Å². The summed E-state index contributed by atoms with van der Waals surface area (Å²) in [7, 11) is 0. The molecule has 1 aromatic heterocycles. The third-order valence-corrected chi connectivity index (χ3v) is 3.03. The van der Waals surface area contributed by atoms with Crippen LogP contribution in [0.3, 0.4) is 0 Å². The maximum Gasteiger partial charge on any atom is 0.265 e. The normalized spacial score (nSPS) is 11.8. The summed E-state index contributed by atoms with van der Waals surface area (Å²) >= 11 is 11.7. The molecule has 0 radical (unpaired) electrons. The minimum Gasteiger partial charge on any atom is -0.481 e. The van der Waals surface area contributed by atoms with Gasteiger partial charge in [-0.05, 0) is 37.3 Å². The standard InChI is InChI=1S/C14H12Cl2N2O2/c1-9(20-11-5-2-4-10(15)8-11)14(19)18-12-6-3-7-17-13(12)16/h2-9H,1H3,(H,18,19). The van der Waals surface area contributed by atoms with Gasteiger partial charge < -0.3 is 10.1 Å². The van der Waals surface area contributed by atoms with Crippen LogP contribution in [0, 0.1) is 0 Å². The number of nitrogens with one attached hydrogen (secondary N) is 1. The number of nitrogens with zero attached hydrogens (tertiary/aromatic N) is 1. The second-order valence-electron chi connectivity index (χ2n) is 4.05. The minimum absolute atomic E-state index is 0.232. The Morgan fingerprint density at radius 1 is 1.30 bits per heavy atom. The van der Waals surface area contributed by atoms with E-state index in [2.05, 4.69) is 10.3 Å². The molecule has 6 heteroatoms. The first-order valence-electron chi connectivity index (χ1n) is 5.90. The molecule has 0 aliphatic carbocycles. The lowest BCUT2D eigenvalue weighted by Gasteiger charge is -2.15. The molecule has 4 nitrogen and oxygen atoms in total. The Hall–Kier alpha value is -1.78. The molecule has 0 bridgehead atoms. The second-order valence-corrected chi connectivity index (χ2v) is 4.84. The van der Waals surface area contributed by atoms with E-state index in [4.69, 9.17) is 27.9 Å². The van der Waals surface area contributed by atoms with Crippen molar-refractivity contribution in [2.75, 3.05) is 5.32 Å². The monoisotopic (exact) mass is 310 g/mol. The molecule has 0 aliphatic heterocycles. The predicted molar refractivity (Wildman–Crippen MR) is 79.4 cm³/mol. The van der Waals surface area contributed by atoms with E-state index in [1.807, 2.05) is 0 Å². The van der Waals surface area contributed by atoms with E-state index in [-0.39, 0.29) is 11.1 Å². The number of carbonyl (C=O) groups is 1. The van der Waals surface area contributed by atoms with Gasteiger partial charge in [-0.1, -0.05) is 29.3 Å². The number of aromatic nitrogens is 1. The van der Waals surface area contributed by atoms with Gasteiger partial charge in [0.2, 0.25) is 0 Å². The number of hydrogen-bond donors (Lipinski definition) is 1. The molecule has 0 spiro atoms. The number of pyridine rings is 1. The van der Waals surface area contributed by atoms with Gasteiger partial charge in [-0.2, -0.15) is 0 Å². The molecule has 0 saturated heterocycles. The van der Waals surface area contributed by atoms with Gasteiger partial charge in [-0.25, -0.2) is 4.98 Å².